The number of piperidine rings is 1. The fourth-order valence-electron chi connectivity index (χ4n) is 3.99. The molecule has 0 bridgehead atoms. The molecule has 1 atom stereocenters. The summed E-state index contributed by atoms with van der Waals surface area (Å²) in [4.78, 5) is 27.4. The number of hydrogen-bond acceptors (Lipinski definition) is 4. The summed E-state index contributed by atoms with van der Waals surface area (Å²) in [5, 5.41) is 3.06. The van der Waals surface area contributed by atoms with Crippen LogP contribution in [0.15, 0.2) is 54.6 Å². The van der Waals surface area contributed by atoms with Gasteiger partial charge in [0.15, 0.2) is 0 Å². The van der Waals surface area contributed by atoms with Crippen molar-refractivity contribution in [2.24, 2.45) is 5.92 Å². The standard InChI is InChI=1S/C26H34N2O4/c1-26(2,3)32-25(30)28-16-14-19(15-17-28)18-23(20-8-6-5-7-9-20)24(29)27-21-10-12-22(31-4)13-11-21/h5-13,19,23H,14-18H2,1-4H3,(H,27,29). The molecule has 0 saturated carbocycles. The maximum Gasteiger partial charge on any atom is 0.410 e. The molecule has 0 aromatic heterocycles. The third-order valence-electron chi connectivity index (χ3n) is 5.71. The molecular formula is C26H34N2O4. The van der Waals surface area contributed by atoms with Crippen LogP contribution in [-0.4, -0.2) is 42.7 Å². The molecule has 6 heteroatoms. The first kappa shape index (κ1) is 23.6. The summed E-state index contributed by atoms with van der Waals surface area (Å²) in [5.74, 6) is 0.840. The van der Waals surface area contributed by atoms with Gasteiger partial charge in [-0.05, 0) is 75.8 Å². The number of carbonyl (C=O) groups is 2. The molecule has 2 amide bonds. The molecule has 0 radical (unpaired) electrons. The van der Waals surface area contributed by atoms with Gasteiger partial charge in [0.05, 0.1) is 13.0 Å². The number of benzene rings is 2. The summed E-state index contributed by atoms with van der Waals surface area (Å²) < 4.78 is 10.7. The van der Waals surface area contributed by atoms with E-state index in [0.29, 0.717) is 19.0 Å². The predicted octanol–water partition coefficient (Wildman–Crippen LogP) is 5.45. The smallest absolute Gasteiger partial charge is 0.410 e. The summed E-state index contributed by atoms with van der Waals surface area (Å²) in [5.41, 5.74) is 1.26. The third-order valence-corrected chi connectivity index (χ3v) is 5.71. The lowest BCUT2D eigenvalue weighted by atomic mass is 9.83. The van der Waals surface area contributed by atoms with E-state index in [1.165, 1.54) is 0 Å². The van der Waals surface area contributed by atoms with Gasteiger partial charge >= 0.3 is 6.09 Å². The van der Waals surface area contributed by atoms with E-state index >= 15 is 0 Å². The Morgan fingerprint density at radius 2 is 1.66 bits per heavy atom. The summed E-state index contributed by atoms with van der Waals surface area (Å²) in [6, 6.07) is 17.3. The highest BCUT2D eigenvalue weighted by Crippen LogP contribution is 2.31. The van der Waals surface area contributed by atoms with Gasteiger partial charge in [-0.15, -0.1) is 0 Å². The third kappa shape index (κ3) is 6.74. The fourth-order valence-corrected chi connectivity index (χ4v) is 3.99. The number of carbonyl (C=O) groups excluding carboxylic acids is 2. The van der Waals surface area contributed by atoms with Crippen LogP contribution in [0.2, 0.25) is 0 Å². The monoisotopic (exact) mass is 438 g/mol. The number of hydrogen-bond donors (Lipinski definition) is 1. The number of likely N-dealkylation sites (tertiary alicyclic amines) is 1. The topological polar surface area (TPSA) is 67.9 Å². The van der Waals surface area contributed by atoms with Crippen LogP contribution in [0, 0.1) is 5.92 Å². The number of methoxy groups -OCH3 is 1. The maximum atomic E-state index is 13.2. The average Bonchev–Trinajstić information content (AvgIpc) is 2.77. The Balaban J connectivity index is 1.64. The molecule has 2 aromatic rings. The molecule has 1 N–H and O–H groups in total. The van der Waals surface area contributed by atoms with Crippen molar-refractivity contribution in [3.05, 3.63) is 60.2 Å². The lowest BCUT2D eigenvalue weighted by Crippen LogP contribution is -2.42. The number of amides is 2. The molecule has 1 heterocycles. The SMILES string of the molecule is COc1ccc(NC(=O)C(CC2CCN(C(=O)OC(C)(C)C)CC2)c2ccccc2)cc1. The van der Waals surface area contributed by atoms with E-state index in [9.17, 15) is 9.59 Å². The molecule has 0 aliphatic carbocycles. The highest BCUT2D eigenvalue weighted by molar-refractivity contribution is 5.95. The number of anilines is 1. The molecule has 1 aliphatic rings. The van der Waals surface area contributed by atoms with E-state index in [1.54, 1.807) is 12.0 Å². The second kappa shape index (κ2) is 10.5. The normalized spacial score (nSPS) is 15.7. The number of nitrogens with one attached hydrogen (secondary N) is 1. The quantitative estimate of drug-likeness (QED) is 0.651. The van der Waals surface area contributed by atoms with Gasteiger partial charge in [0.2, 0.25) is 5.91 Å². The van der Waals surface area contributed by atoms with Gasteiger partial charge in [-0.1, -0.05) is 30.3 Å². The highest BCUT2D eigenvalue weighted by Gasteiger charge is 2.30. The Bertz CT molecular complexity index is 882. The summed E-state index contributed by atoms with van der Waals surface area (Å²) in [6.45, 7) is 6.94. The molecule has 1 fully saturated rings. The molecule has 3 rings (SSSR count). The maximum absolute atomic E-state index is 13.2. The Morgan fingerprint density at radius 3 is 2.22 bits per heavy atom. The summed E-state index contributed by atoms with van der Waals surface area (Å²) >= 11 is 0. The van der Waals surface area contributed by atoms with Crippen LogP contribution in [0.1, 0.15) is 51.5 Å². The first-order valence-electron chi connectivity index (χ1n) is 11.2. The van der Waals surface area contributed by atoms with Crippen LogP contribution in [0.3, 0.4) is 0 Å². The lowest BCUT2D eigenvalue weighted by Gasteiger charge is -2.34. The van der Waals surface area contributed by atoms with Crippen LogP contribution < -0.4 is 10.1 Å². The van der Waals surface area contributed by atoms with E-state index in [1.807, 2.05) is 75.4 Å². The largest absolute Gasteiger partial charge is 0.497 e. The second-order valence-electron chi connectivity index (χ2n) is 9.33. The summed E-state index contributed by atoms with van der Waals surface area (Å²) in [7, 11) is 1.62. The van der Waals surface area contributed by atoms with Crippen molar-refractivity contribution in [3.63, 3.8) is 0 Å². The van der Waals surface area contributed by atoms with E-state index < -0.39 is 5.60 Å². The first-order chi connectivity index (χ1) is 15.2. The number of ether oxygens (including phenoxy) is 2. The van der Waals surface area contributed by atoms with Gasteiger partial charge in [-0.3, -0.25) is 4.79 Å². The lowest BCUT2D eigenvalue weighted by molar-refractivity contribution is -0.118. The Labute approximate surface area is 190 Å². The molecule has 1 aliphatic heterocycles. The van der Waals surface area contributed by atoms with Crippen molar-refractivity contribution in [3.8, 4) is 5.75 Å². The average molecular weight is 439 g/mol. The molecule has 2 aromatic carbocycles. The van der Waals surface area contributed by atoms with Gasteiger partial charge in [-0.2, -0.15) is 0 Å². The van der Waals surface area contributed by atoms with E-state index in [0.717, 1.165) is 36.3 Å². The van der Waals surface area contributed by atoms with Crippen molar-refractivity contribution in [1.29, 1.82) is 0 Å². The Morgan fingerprint density at radius 1 is 1.03 bits per heavy atom. The van der Waals surface area contributed by atoms with Crippen molar-refractivity contribution >= 4 is 17.7 Å². The zero-order valence-electron chi connectivity index (χ0n) is 19.5. The molecule has 6 nitrogen and oxygen atoms in total. The minimum absolute atomic E-state index is 0.0176. The van der Waals surface area contributed by atoms with Crippen LogP contribution in [0.5, 0.6) is 5.75 Å². The molecule has 172 valence electrons. The number of nitrogens with zero attached hydrogens (tertiary/aromatic N) is 1. The van der Waals surface area contributed by atoms with Crippen molar-refractivity contribution in [2.75, 3.05) is 25.5 Å². The van der Waals surface area contributed by atoms with Gasteiger partial charge < -0.3 is 19.7 Å². The molecule has 1 saturated heterocycles. The van der Waals surface area contributed by atoms with Crippen molar-refractivity contribution < 1.29 is 19.1 Å². The predicted molar refractivity (Wildman–Crippen MR) is 126 cm³/mol. The second-order valence-corrected chi connectivity index (χ2v) is 9.33. The molecular weight excluding hydrogens is 404 g/mol. The number of rotatable bonds is 6. The Hall–Kier alpha value is -3.02. The molecule has 0 spiro atoms. The summed E-state index contributed by atoms with van der Waals surface area (Å²) in [6.07, 6.45) is 2.21. The molecule has 1 unspecified atom stereocenters. The van der Waals surface area contributed by atoms with Gasteiger partial charge in [0.25, 0.3) is 0 Å². The van der Waals surface area contributed by atoms with Crippen molar-refractivity contribution in [2.45, 2.75) is 51.6 Å². The van der Waals surface area contributed by atoms with Gasteiger partial charge in [0, 0.05) is 18.8 Å². The Kier molecular flexibility index (Phi) is 7.78. The van der Waals surface area contributed by atoms with Gasteiger partial charge in [0.1, 0.15) is 11.4 Å². The first-order valence-corrected chi connectivity index (χ1v) is 11.2. The van der Waals surface area contributed by atoms with Gasteiger partial charge in [-0.25, -0.2) is 4.79 Å². The van der Waals surface area contributed by atoms with E-state index in [2.05, 4.69) is 5.32 Å². The van der Waals surface area contributed by atoms with Crippen LogP contribution >= 0.6 is 0 Å². The molecule has 32 heavy (non-hydrogen) atoms. The van der Waals surface area contributed by atoms with E-state index in [4.69, 9.17) is 9.47 Å². The highest BCUT2D eigenvalue weighted by atomic mass is 16.6. The van der Waals surface area contributed by atoms with Crippen LogP contribution in [0.25, 0.3) is 0 Å². The van der Waals surface area contributed by atoms with Crippen molar-refractivity contribution in [1.82, 2.24) is 4.90 Å². The zero-order chi connectivity index (χ0) is 23.1. The van der Waals surface area contributed by atoms with E-state index in [-0.39, 0.29) is 17.9 Å². The minimum Gasteiger partial charge on any atom is -0.497 e. The minimum atomic E-state index is -0.494. The fraction of sp³-hybridized carbons (Fsp3) is 0.462. The van der Waals surface area contributed by atoms with Crippen LogP contribution in [0.4, 0.5) is 10.5 Å². The zero-order valence-corrected chi connectivity index (χ0v) is 19.5. The van der Waals surface area contributed by atoms with Crippen LogP contribution in [-0.2, 0) is 9.53 Å².